The highest BCUT2D eigenvalue weighted by molar-refractivity contribution is 6.07. The van der Waals surface area contributed by atoms with E-state index in [1.807, 2.05) is 6.92 Å². The number of hydrogen-bond donors (Lipinski definition) is 0. The van der Waals surface area contributed by atoms with Crippen molar-refractivity contribution in [2.24, 2.45) is 0 Å². The molecule has 3 nitrogen and oxygen atoms in total. The van der Waals surface area contributed by atoms with E-state index in [4.69, 9.17) is 0 Å². The van der Waals surface area contributed by atoms with Crippen molar-refractivity contribution < 1.29 is 9.59 Å². The van der Waals surface area contributed by atoms with Crippen LogP contribution in [0.25, 0.3) is 0 Å². The molecule has 1 unspecified atom stereocenters. The van der Waals surface area contributed by atoms with Gasteiger partial charge in [-0.2, -0.15) is 0 Å². The Bertz CT molecular complexity index is 201. The number of unbranched alkanes of at least 4 members (excludes halogenated alkanes) is 1. The van der Waals surface area contributed by atoms with Gasteiger partial charge < -0.3 is 4.90 Å². The lowest BCUT2D eigenvalue weighted by atomic mass is 10.2. The minimum Gasteiger partial charge on any atom is -0.333 e. The second-order valence-corrected chi connectivity index (χ2v) is 3.26. The fraction of sp³-hybridized carbons (Fsp3) is 0.778. The van der Waals surface area contributed by atoms with Crippen LogP contribution in [0, 0.1) is 0 Å². The number of amides is 1. The highest BCUT2D eigenvalue weighted by Crippen LogP contribution is 2.15. The molecule has 0 aliphatic carbocycles. The molecular formula is C9H15NO2. The predicted octanol–water partition coefficient (Wildman–Crippen LogP) is 0.976. The zero-order chi connectivity index (χ0) is 9.14. The molecule has 1 heterocycles. The molecule has 1 fully saturated rings. The van der Waals surface area contributed by atoms with Crippen LogP contribution in [0.15, 0.2) is 0 Å². The van der Waals surface area contributed by atoms with E-state index in [0.29, 0.717) is 0 Å². The Morgan fingerprint density at radius 2 is 2.17 bits per heavy atom. The maximum Gasteiger partial charge on any atom is 0.230 e. The number of likely N-dealkylation sites (tertiary alicyclic amines) is 1. The monoisotopic (exact) mass is 169 g/mol. The van der Waals surface area contributed by atoms with E-state index in [1.165, 1.54) is 0 Å². The Morgan fingerprint density at radius 3 is 2.58 bits per heavy atom. The van der Waals surface area contributed by atoms with Crippen molar-refractivity contribution in [3.05, 3.63) is 0 Å². The summed E-state index contributed by atoms with van der Waals surface area (Å²) in [6.45, 7) is 4.62. The molecule has 1 atom stereocenters. The van der Waals surface area contributed by atoms with Gasteiger partial charge in [-0.3, -0.25) is 9.59 Å². The summed E-state index contributed by atoms with van der Waals surface area (Å²) in [6, 6.07) is -0.177. The summed E-state index contributed by atoms with van der Waals surface area (Å²) < 4.78 is 0. The van der Waals surface area contributed by atoms with Gasteiger partial charge in [0.05, 0.1) is 12.5 Å². The van der Waals surface area contributed by atoms with Crippen LogP contribution < -0.4 is 0 Å². The van der Waals surface area contributed by atoms with Gasteiger partial charge in [0, 0.05) is 6.54 Å². The van der Waals surface area contributed by atoms with Gasteiger partial charge in [0.15, 0.2) is 5.78 Å². The summed E-state index contributed by atoms with van der Waals surface area (Å²) in [7, 11) is 0. The van der Waals surface area contributed by atoms with Crippen molar-refractivity contribution in [3.8, 4) is 0 Å². The topological polar surface area (TPSA) is 37.4 Å². The smallest absolute Gasteiger partial charge is 0.230 e. The molecule has 0 bridgehead atoms. The number of ketones is 1. The van der Waals surface area contributed by atoms with Gasteiger partial charge in [-0.05, 0) is 13.3 Å². The average Bonchev–Trinajstić information content (AvgIpc) is 2.25. The molecule has 0 N–H and O–H groups in total. The van der Waals surface area contributed by atoms with Crippen LogP contribution >= 0.6 is 0 Å². The standard InChI is InChI=1S/C9H15NO2/c1-3-4-5-10-7(2)8(11)6-9(10)12/h7H,3-6H2,1-2H3. The van der Waals surface area contributed by atoms with Gasteiger partial charge in [-0.15, -0.1) is 0 Å². The fourth-order valence-electron chi connectivity index (χ4n) is 1.43. The number of carbonyl (C=O) groups is 2. The molecule has 0 radical (unpaired) electrons. The average molecular weight is 169 g/mol. The first-order chi connectivity index (χ1) is 5.66. The summed E-state index contributed by atoms with van der Waals surface area (Å²) >= 11 is 0. The summed E-state index contributed by atoms with van der Waals surface area (Å²) in [4.78, 5) is 24.0. The zero-order valence-electron chi connectivity index (χ0n) is 7.67. The summed E-state index contributed by atoms with van der Waals surface area (Å²) in [5.41, 5.74) is 0. The van der Waals surface area contributed by atoms with Gasteiger partial charge in [-0.25, -0.2) is 0 Å². The molecule has 12 heavy (non-hydrogen) atoms. The highest BCUT2D eigenvalue weighted by atomic mass is 16.2. The van der Waals surface area contributed by atoms with Crippen LogP contribution in [-0.2, 0) is 9.59 Å². The van der Waals surface area contributed by atoms with Gasteiger partial charge in [0.25, 0.3) is 0 Å². The molecule has 1 amide bonds. The summed E-state index contributed by atoms with van der Waals surface area (Å²) in [5, 5.41) is 0. The first kappa shape index (κ1) is 9.23. The zero-order valence-corrected chi connectivity index (χ0v) is 7.67. The SMILES string of the molecule is CCCCN1C(=O)CC(=O)C1C. The molecular weight excluding hydrogens is 154 g/mol. The van der Waals surface area contributed by atoms with Gasteiger partial charge in [0.1, 0.15) is 0 Å². The minimum absolute atomic E-state index is 0.000880. The Hall–Kier alpha value is -0.860. The Kier molecular flexibility index (Phi) is 2.84. The Morgan fingerprint density at radius 1 is 1.50 bits per heavy atom. The van der Waals surface area contributed by atoms with Gasteiger partial charge in [0.2, 0.25) is 5.91 Å². The molecule has 0 aromatic heterocycles. The van der Waals surface area contributed by atoms with Gasteiger partial charge >= 0.3 is 0 Å². The van der Waals surface area contributed by atoms with Crippen LogP contribution in [-0.4, -0.2) is 29.2 Å². The van der Waals surface area contributed by atoms with Crippen molar-refractivity contribution in [2.75, 3.05) is 6.54 Å². The van der Waals surface area contributed by atoms with Crippen LogP contribution in [0.3, 0.4) is 0 Å². The van der Waals surface area contributed by atoms with Crippen LogP contribution in [0.2, 0.25) is 0 Å². The van der Waals surface area contributed by atoms with Crippen molar-refractivity contribution in [2.45, 2.75) is 39.2 Å². The van der Waals surface area contributed by atoms with E-state index < -0.39 is 0 Å². The highest BCUT2D eigenvalue weighted by Gasteiger charge is 2.34. The lowest BCUT2D eigenvalue weighted by Crippen LogP contribution is -2.33. The number of nitrogens with zero attached hydrogens (tertiary/aromatic N) is 1. The summed E-state index contributed by atoms with van der Waals surface area (Å²) in [6.07, 6.45) is 2.17. The molecule has 1 rings (SSSR count). The van der Waals surface area contributed by atoms with E-state index in [9.17, 15) is 9.59 Å². The quantitative estimate of drug-likeness (QED) is 0.590. The second kappa shape index (κ2) is 3.70. The third kappa shape index (κ3) is 1.65. The van der Waals surface area contributed by atoms with Crippen molar-refractivity contribution in [1.29, 1.82) is 0 Å². The molecule has 0 aromatic rings. The number of carbonyl (C=O) groups excluding carboxylic acids is 2. The normalized spacial score (nSPS) is 23.8. The molecule has 0 aromatic carbocycles. The van der Waals surface area contributed by atoms with E-state index in [0.717, 1.165) is 19.4 Å². The maximum absolute atomic E-state index is 11.2. The second-order valence-electron chi connectivity index (χ2n) is 3.26. The van der Waals surface area contributed by atoms with E-state index in [2.05, 4.69) is 6.92 Å². The first-order valence-electron chi connectivity index (χ1n) is 4.49. The number of hydrogen-bond acceptors (Lipinski definition) is 2. The fourth-order valence-corrected chi connectivity index (χ4v) is 1.43. The van der Waals surface area contributed by atoms with Crippen LogP contribution in [0.4, 0.5) is 0 Å². The third-order valence-corrected chi connectivity index (χ3v) is 2.33. The molecule has 3 heteroatoms. The lowest BCUT2D eigenvalue weighted by molar-refractivity contribution is -0.128. The van der Waals surface area contributed by atoms with Crippen molar-refractivity contribution >= 4 is 11.7 Å². The van der Waals surface area contributed by atoms with E-state index in [-0.39, 0.29) is 24.2 Å². The van der Waals surface area contributed by atoms with Crippen LogP contribution in [0.1, 0.15) is 33.1 Å². The van der Waals surface area contributed by atoms with Crippen LogP contribution in [0.5, 0.6) is 0 Å². The largest absolute Gasteiger partial charge is 0.333 e. The summed E-state index contributed by atoms with van der Waals surface area (Å²) in [5.74, 6) is 0.0667. The molecule has 0 spiro atoms. The van der Waals surface area contributed by atoms with Gasteiger partial charge in [-0.1, -0.05) is 13.3 Å². The molecule has 1 aliphatic rings. The maximum atomic E-state index is 11.2. The molecule has 0 saturated carbocycles. The predicted molar refractivity (Wildman–Crippen MR) is 45.7 cm³/mol. The van der Waals surface area contributed by atoms with Crippen molar-refractivity contribution in [1.82, 2.24) is 4.90 Å². The lowest BCUT2D eigenvalue weighted by Gasteiger charge is -2.19. The molecule has 1 aliphatic heterocycles. The van der Waals surface area contributed by atoms with E-state index >= 15 is 0 Å². The van der Waals surface area contributed by atoms with Crippen molar-refractivity contribution in [3.63, 3.8) is 0 Å². The van der Waals surface area contributed by atoms with E-state index in [1.54, 1.807) is 4.90 Å². The molecule has 68 valence electrons. The first-order valence-corrected chi connectivity index (χ1v) is 4.49. The molecule has 1 saturated heterocycles. The number of rotatable bonds is 3. The Labute approximate surface area is 72.7 Å². The number of Topliss-reactive ketones (excluding diaryl/α,β-unsaturated/α-hetero) is 1. The third-order valence-electron chi connectivity index (χ3n) is 2.33. The Balaban J connectivity index is 2.51. The minimum atomic E-state index is -0.177.